The lowest BCUT2D eigenvalue weighted by molar-refractivity contribution is 1.08. The highest BCUT2D eigenvalue weighted by molar-refractivity contribution is 7.26. The molecule has 0 saturated heterocycles. The fraction of sp³-hybridized carbons (Fsp3) is 0. The summed E-state index contributed by atoms with van der Waals surface area (Å²) in [5.41, 5.74) is 12.4. The third-order valence-electron chi connectivity index (χ3n) is 10.2. The van der Waals surface area contributed by atoms with E-state index in [2.05, 4.69) is 176 Å². The smallest absolute Gasteiger partial charge is 0.164 e. The zero-order chi connectivity index (χ0) is 36.6. The molecule has 0 bridgehead atoms. The number of benzene rings is 8. The summed E-state index contributed by atoms with van der Waals surface area (Å²) >= 11 is 1.80. The van der Waals surface area contributed by atoms with Gasteiger partial charge < -0.3 is 0 Å². The lowest BCUT2D eigenvalue weighted by atomic mass is 9.96. The van der Waals surface area contributed by atoms with Crippen LogP contribution in [0.2, 0.25) is 0 Å². The van der Waals surface area contributed by atoms with Crippen molar-refractivity contribution in [3.8, 4) is 78.7 Å². The summed E-state index contributed by atoms with van der Waals surface area (Å²) in [7, 11) is 0. The first-order valence-electron chi connectivity index (χ1n) is 18.4. The molecular formula is C51H33N3S. The fourth-order valence-electron chi connectivity index (χ4n) is 7.34. The number of fused-ring (bicyclic) bond motifs is 3. The Morgan fingerprint density at radius 2 is 0.673 bits per heavy atom. The van der Waals surface area contributed by atoms with Crippen molar-refractivity contribution in [1.29, 1.82) is 0 Å². The zero-order valence-corrected chi connectivity index (χ0v) is 30.6. The molecule has 10 aromatic rings. The molecule has 10 rings (SSSR count). The number of rotatable bonds is 7. The quantitative estimate of drug-likeness (QED) is 0.165. The maximum absolute atomic E-state index is 5.17. The van der Waals surface area contributed by atoms with Crippen LogP contribution in [0, 0.1) is 0 Å². The van der Waals surface area contributed by atoms with Crippen LogP contribution in [0.15, 0.2) is 200 Å². The molecule has 0 aliphatic rings. The minimum atomic E-state index is 0.648. The molecule has 2 aromatic heterocycles. The van der Waals surface area contributed by atoms with E-state index < -0.39 is 0 Å². The first-order chi connectivity index (χ1) is 27.2. The van der Waals surface area contributed by atoms with Gasteiger partial charge in [0, 0.05) is 36.9 Å². The van der Waals surface area contributed by atoms with Crippen molar-refractivity contribution < 1.29 is 0 Å². The third kappa shape index (κ3) is 6.39. The molecule has 55 heavy (non-hydrogen) atoms. The van der Waals surface area contributed by atoms with Crippen LogP contribution in [-0.2, 0) is 0 Å². The molecule has 8 aromatic carbocycles. The van der Waals surface area contributed by atoms with Gasteiger partial charge in [0.1, 0.15) is 0 Å². The zero-order valence-electron chi connectivity index (χ0n) is 29.8. The van der Waals surface area contributed by atoms with Crippen LogP contribution in [-0.4, -0.2) is 15.0 Å². The molecule has 3 nitrogen and oxygen atoms in total. The van der Waals surface area contributed by atoms with Gasteiger partial charge in [-0.2, -0.15) is 0 Å². The SMILES string of the molecule is c1ccc(-c2ccc(-c3cccc(-c4ccc5sc6cccc(-c7nc(-c8ccccc8)nc(-c8ccc(-c9ccccc9)cc8)n7)c6c5c4)c3)cc2)cc1. The summed E-state index contributed by atoms with van der Waals surface area (Å²) in [6.07, 6.45) is 0. The van der Waals surface area contributed by atoms with Gasteiger partial charge in [0.05, 0.1) is 0 Å². The van der Waals surface area contributed by atoms with E-state index in [0.29, 0.717) is 17.5 Å². The maximum atomic E-state index is 5.17. The topological polar surface area (TPSA) is 38.7 Å². The Balaban J connectivity index is 1.06. The maximum Gasteiger partial charge on any atom is 0.164 e. The Morgan fingerprint density at radius 3 is 1.27 bits per heavy atom. The molecule has 0 spiro atoms. The van der Waals surface area contributed by atoms with Crippen LogP contribution in [0.3, 0.4) is 0 Å². The van der Waals surface area contributed by atoms with Crippen molar-refractivity contribution in [2.24, 2.45) is 0 Å². The van der Waals surface area contributed by atoms with Crippen molar-refractivity contribution in [2.75, 3.05) is 0 Å². The number of aromatic nitrogens is 3. The van der Waals surface area contributed by atoms with Crippen molar-refractivity contribution >= 4 is 31.5 Å². The Hall–Kier alpha value is -7.01. The summed E-state index contributed by atoms with van der Waals surface area (Å²) < 4.78 is 2.43. The molecule has 0 aliphatic heterocycles. The van der Waals surface area contributed by atoms with Crippen LogP contribution in [0.4, 0.5) is 0 Å². The van der Waals surface area contributed by atoms with E-state index in [0.717, 1.165) is 27.6 Å². The molecule has 258 valence electrons. The minimum absolute atomic E-state index is 0.648. The molecule has 0 amide bonds. The van der Waals surface area contributed by atoms with Gasteiger partial charge in [0.25, 0.3) is 0 Å². The van der Waals surface area contributed by atoms with Crippen LogP contribution in [0.5, 0.6) is 0 Å². The molecule has 0 unspecified atom stereocenters. The van der Waals surface area contributed by atoms with Crippen LogP contribution in [0.25, 0.3) is 98.8 Å². The predicted molar refractivity (Wildman–Crippen MR) is 231 cm³/mol. The Labute approximate surface area is 323 Å². The number of hydrogen-bond donors (Lipinski definition) is 0. The monoisotopic (exact) mass is 719 g/mol. The number of nitrogens with zero attached hydrogens (tertiary/aromatic N) is 3. The van der Waals surface area contributed by atoms with Gasteiger partial charge in [-0.25, -0.2) is 15.0 Å². The minimum Gasteiger partial charge on any atom is -0.208 e. The molecule has 0 fully saturated rings. The van der Waals surface area contributed by atoms with Crippen LogP contribution < -0.4 is 0 Å². The predicted octanol–water partition coefficient (Wildman–Crippen LogP) is 13.9. The summed E-state index contributed by atoms with van der Waals surface area (Å²) in [5.74, 6) is 1.96. The second-order valence-corrected chi connectivity index (χ2v) is 14.7. The normalized spacial score (nSPS) is 11.3. The van der Waals surface area contributed by atoms with Crippen molar-refractivity contribution in [3.05, 3.63) is 200 Å². The molecule has 0 atom stereocenters. The third-order valence-corrected chi connectivity index (χ3v) is 11.3. The van der Waals surface area contributed by atoms with Gasteiger partial charge in [-0.15, -0.1) is 11.3 Å². The van der Waals surface area contributed by atoms with E-state index in [4.69, 9.17) is 15.0 Å². The molecule has 2 heterocycles. The Bertz CT molecular complexity index is 2940. The highest BCUT2D eigenvalue weighted by Gasteiger charge is 2.18. The Kier molecular flexibility index (Phi) is 8.36. The van der Waals surface area contributed by atoms with E-state index in [-0.39, 0.29) is 0 Å². The summed E-state index contributed by atoms with van der Waals surface area (Å²) in [6, 6.07) is 70.6. The number of thiophene rings is 1. The highest BCUT2D eigenvalue weighted by atomic mass is 32.1. The van der Waals surface area contributed by atoms with Crippen LogP contribution in [0.1, 0.15) is 0 Å². The van der Waals surface area contributed by atoms with Crippen LogP contribution >= 0.6 is 11.3 Å². The summed E-state index contributed by atoms with van der Waals surface area (Å²) in [4.78, 5) is 15.3. The van der Waals surface area contributed by atoms with Gasteiger partial charge in [-0.05, 0) is 68.8 Å². The standard InChI is InChI=1S/C51H33N3S/c1-4-12-34(13-5-1)36-22-24-38(25-23-36)41-18-10-19-42(32-41)43-30-31-46-45(33-43)48-44(20-11-21-47(48)55-46)51-53-49(39-16-8-3-9-17-39)52-50(54-51)40-28-26-37(27-29-40)35-14-6-2-7-15-35/h1-33H. The largest absolute Gasteiger partial charge is 0.208 e. The van der Waals surface area contributed by atoms with E-state index in [1.165, 1.54) is 53.7 Å². The first-order valence-corrected chi connectivity index (χ1v) is 19.2. The van der Waals surface area contributed by atoms with Gasteiger partial charge in [-0.3, -0.25) is 0 Å². The average molecular weight is 720 g/mol. The van der Waals surface area contributed by atoms with E-state index in [1.807, 2.05) is 24.3 Å². The summed E-state index contributed by atoms with van der Waals surface area (Å²) in [5, 5.41) is 2.36. The average Bonchev–Trinajstić information content (AvgIpc) is 3.66. The molecule has 0 aliphatic carbocycles. The Morgan fingerprint density at radius 1 is 0.273 bits per heavy atom. The molecule has 0 N–H and O–H groups in total. The molecule has 0 saturated carbocycles. The molecule has 4 heteroatoms. The van der Waals surface area contributed by atoms with E-state index in [9.17, 15) is 0 Å². The molecular weight excluding hydrogens is 687 g/mol. The van der Waals surface area contributed by atoms with Gasteiger partial charge >= 0.3 is 0 Å². The number of hydrogen-bond acceptors (Lipinski definition) is 4. The lowest BCUT2D eigenvalue weighted by Crippen LogP contribution is -2.00. The lowest BCUT2D eigenvalue weighted by Gasteiger charge is -2.10. The second kappa shape index (κ2) is 14.1. The fourth-order valence-corrected chi connectivity index (χ4v) is 8.45. The van der Waals surface area contributed by atoms with E-state index in [1.54, 1.807) is 11.3 Å². The molecule has 0 radical (unpaired) electrons. The second-order valence-electron chi connectivity index (χ2n) is 13.6. The van der Waals surface area contributed by atoms with E-state index >= 15 is 0 Å². The van der Waals surface area contributed by atoms with Crippen molar-refractivity contribution in [1.82, 2.24) is 15.0 Å². The van der Waals surface area contributed by atoms with Gasteiger partial charge in [0.2, 0.25) is 0 Å². The van der Waals surface area contributed by atoms with Gasteiger partial charge in [-0.1, -0.05) is 176 Å². The van der Waals surface area contributed by atoms with Crippen molar-refractivity contribution in [2.45, 2.75) is 0 Å². The summed E-state index contributed by atoms with van der Waals surface area (Å²) in [6.45, 7) is 0. The van der Waals surface area contributed by atoms with Gasteiger partial charge in [0.15, 0.2) is 17.5 Å². The van der Waals surface area contributed by atoms with Crippen molar-refractivity contribution in [3.63, 3.8) is 0 Å². The first kappa shape index (κ1) is 32.6. The highest BCUT2D eigenvalue weighted by Crippen LogP contribution is 2.42.